The first kappa shape index (κ1) is 56.4. The van der Waals surface area contributed by atoms with E-state index in [1.807, 2.05) is 68.1 Å². The normalized spacial score (nSPS) is 14.3. The van der Waals surface area contributed by atoms with Gasteiger partial charge in [-0.25, -0.2) is 14.4 Å². The molecule has 0 fully saturated rings. The summed E-state index contributed by atoms with van der Waals surface area (Å²) in [4.78, 5) is 85.0. The minimum Gasteiger partial charge on any atom is -0.518 e. The van der Waals surface area contributed by atoms with Gasteiger partial charge in [0.05, 0.1) is 19.0 Å². The lowest BCUT2D eigenvalue weighted by atomic mass is 9.96. The van der Waals surface area contributed by atoms with Crippen LogP contribution in [0, 0.1) is 35.5 Å². The molecule has 0 bridgehead atoms. The third-order valence-corrected chi connectivity index (χ3v) is 9.25. The highest BCUT2D eigenvalue weighted by Gasteiger charge is 2.35. The van der Waals surface area contributed by atoms with Gasteiger partial charge in [-0.1, -0.05) is 62.3 Å². The maximum absolute atomic E-state index is 12.7. The van der Waals surface area contributed by atoms with Gasteiger partial charge in [-0.2, -0.15) is 0 Å². The number of nitrogens with zero attached hydrogens (tertiary/aromatic N) is 2. The first-order valence-corrected chi connectivity index (χ1v) is 22.5. The highest BCUT2D eigenvalue weighted by atomic mass is 28.4. The Morgan fingerprint density at radius 1 is 0.554 bits per heavy atom. The van der Waals surface area contributed by atoms with Crippen LogP contribution in [-0.2, 0) is 37.9 Å². The molecule has 0 aliphatic carbocycles. The van der Waals surface area contributed by atoms with E-state index in [4.69, 9.17) is 19.0 Å². The zero-order chi connectivity index (χ0) is 45.3. The molecule has 16 nitrogen and oxygen atoms in total. The smallest absolute Gasteiger partial charge is 0.407 e. The van der Waals surface area contributed by atoms with E-state index in [-0.39, 0.29) is 60.4 Å². The molecular formula is C39H76N4O12Si. The lowest BCUT2D eigenvalue weighted by molar-refractivity contribution is -0.150. The minimum absolute atomic E-state index is 0.0642. The number of rotatable bonds is 15. The van der Waals surface area contributed by atoms with Gasteiger partial charge in [0.2, 0.25) is 20.1 Å². The Bertz CT molecular complexity index is 1290. The number of amides is 4. The van der Waals surface area contributed by atoms with Crippen LogP contribution >= 0.6 is 0 Å². The zero-order valence-electron chi connectivity index (χ0n) is 37.9. The summed E-state index contributed by atoms with van der Waals surface area (Å²) >= 11 is 0. The Hall–Kier alpha value is -3.89. The third kappa shape index (κ3) is 25.3. The van der Waals surface area contributed by atoms with Crippen LogP contribution in [-0.4, -0.2) is 121 Å². The Balaban J connectivity index is -0.000000846. The average Bonchev–Trinajstić information content (AvgIpc) is 3.00. The molecule has 5 atom stereocenters. The van der Waals surface area contributed by atoms with Crippen LogP contribution in [0.4, 0.5) is 9.59 Å². The van der Waals surface area contributed by atoms with Crippen LogP contribution in [0.5, 0.6) is 0 Å². The molecular weight excluding hydrogens is 745 g/mol. The van der Waals surface area contributed by atoms with Gasteiger partial charge in [-0.05, 0) is 78.9 Å². The number of carbonyl (C=O) groups excluding carboxylic acids is 5. The Labute approximate surface area is 337 Å². The van der Waals surface area contributed by atoms with Gasteiger partial charge in [0.1, 0.15) is 23.3 Å². The van der Waals surface area contributed by atoms with E-state index in [9.17, 15) is 38.7 Å². The maximum atomic E-state index is 12.7. The van der Waals surface area contributed by atoms with Crippen LogP contribution in [0.25, 0.3) is 0 Å². The first-order chi connectivity index (χ1) is 25.0. The highest BCUT2D eigenvalue weighted by Crippen LogP contribution is 2.17. The second-order valence-electron chi connectivity index (χ2n) is 18.0. The highest BCUT2D eigenvalue weighted by molar-refractivity contribution is 6.71. The van der Waals surface area contributed by atoms with E-state index in [1.54, 1.807) is 62.4 Å². The Kier molecular flexibility index (Phi) is 24.9. The van der Waals surface area contributed by atoms with Crippen molar-refractivity contribution in [2.45, 2.75) is 147 Å². The maximum Gasteiger partial charge on any atom is 0.407 e. The molecule has 0 saturated heterocycles. The van der Waals surface area contributed by atoms with Crippen LogP contribution in [0.15, 0.2) is 0 Å². The van der Waals surface area contributed by atoms with Crippen molar-refractivity contribution < 1.29 is 57.7 Å². The average molecular weight is 821 g/mol. The van der Waals surface area contributed by atoms with Crippen molar-refractivity contribution in [3.63, 3.8) is 0 Å². The molecule has 0 heterocycles. The molecule has 4 amide bonds. The van der Waals surface area contributed by atoms with Crippen LogP contribution < -0.4 is 10.6 Å². The number of hydrogen-bond donors (Lipinski definition) is 4. The SMILES string of the molecule is CC(C)[C@H](C)C(=O)N(C)[C@@H](CNC(=O)OC(C)(C)C)C(=O)O.CC(C)[C@H](C)C(=O)N(C)[C@@H](CNC(=O)OC(C)(C)C)C(=O)O[Si](C)(C)C.CC(C)[C@H](C)C(=O)O. The Morgan fingerprint density at radius 2 is 0.857 bits per heavy atom. The zero-order valence-corrected chi connectivity index (χ0v) is 38.9. The largest absolute Gasteiger partial charge is 0.518 e. The number of ether oxygens (including phenoxy) is 2. The topological polar surface area (TPSA) is 218 Å². The van der Waals surface area contributed by atoms with Gasteiger partial charge in [0.25, 0.3) is 0 Å². The molecule has 4 N–H and O–H groups in total. The molecule has 0 aliphatic rings. The molecule has 17 heteroatoms. The summed E-state index contributed by atoms with van der Waals surface area (Å²) in [6, 6.07) is -2.04. The fraction of sp³-hybridized carbons (Fsp3) is 0.821. The number of carboxylic acid groups (broad SMARTS) is 2. The molecule has 56 heavy (non-hydrogen) atoms. The molecule has 0 spiro atoms. The summed E-state index contributed by atoms with van der Waals surface area (Å²) in [5.41, 5.74) is -1.32. The quantitative estimate of drug-likeness (QED) is 0.138. The standard InChI is InChI=1S/C18H36N2O5Si.C15H28N2O5.C6H12O2/c1-12(2)13(3)15(21)20(7)14(16(22)25-26(8,9)10)11-19-17(23)24-18(4,5)6;1-9(2)10(3)12(18)17(7)11(13(19)20)8-16-14(21)22-15(4,5)6;1-4(2)5(3)6(7)8/h12-14H,11H2,1-10H3,(H,19,23);9-11H,8H2,1-7H3,(H,16,21)(H,19,20);4-5H,1-3H3,(H,7,8)/t13-,14-;10-,11-;5-/m000/s1. The second kappa shape index (κ2) is 24.7. The van der Waals surface area contributed by atoms with Crippen molar-refractivity contribution in [2.75, 3.05) is 27.2 Å². The fourth-order valence-corrected chi connectivity index (χ4v) is 4.67. The molecule has 0 aromatic heterocycles. The van der Waals surface area contributed by atoms with Gasteiger partial charge in [-0.3, -0.25) is 19.2 Å². The van der Waals surface area contributed by atoms with Gasteiger partial charge in [0, 0.05) is 25.9 Å². The molecule has 0 radical (unpaired) electrons. The number of likely N-dealkylation sites (N-methyl/N-ethyl adjacent to an activating group) is 2. The number of hydrogen-bond acceptors (Lipinski definition) is 10. The number of nitrogens with one attached hydrogen (secondary N) is 2. The summed E-state index contributed by atoms with van der Waals surface area (Å²) in [7, 11) is 0.852. The van der Waals surface area contributed by atoms with Crippen LogP contribution in [0.2, 0.25) is 19.6 Å². The fourth-order valence-electron chi connectivity index (χ4n) is 3.93. The van der Waals surface area contributed by atoms with Crippen molar-refractivity contribution in [1.29, 1.82) is 0 Å². The lowest BCUT2D eigenvalue weighted by Crippen LogP contribution is -2.53. The van der Waals surface area contributed by atoms with Crippen LogP contribution in [0.3, 0.4) is 0 Å². The van der Waals surface area contributed by atoms with E-state index in [1.165, 1.54) is 11.9 Å². The summed E-state index contributed by atoms with van der Waals surface area (Å²) in [5.74, 6) is -3.10. The van der Waals surface area contributed by atoms with Gasteiger partial charge >= 0.3 is 30.1 Å². The minimum atomic E-state index is -2.14. The monoisotopic (exact) mass is 821 g/mol. The number of carbonyl (C=O) groups is 7. The summed E-state index contributed by atoms with van der Waals surface area (Å²) in [6.07, 6.45) is -1.35. The van der Waals surface area contributed by atoms with Crippen molar-refractivity contribution in [3.05, 3.63) is 0 Å². The van der Waals surface area contributed by atoms with E-state index < -0.39 is 61.7 Å². The van der Waals surface area contributed by atoms with E-state index in [0.717, 1.165) is 4.90 Å². The molecule has 0 saturated carbocycles. The molecule has 0 unspecified atom stereocenters. The van der Waals surface area contributed by atoms with Crippen molar-refractivity contribution in [2.24, 2.45) is 35.5 Å². The predicted molar refractivity (Wildman–Crippen MR) is 218 cm³/mol. The van der Waals surface area contributed by atoms with Gasteiger partial charge < -0.3 is 44.5 Å². The molecule has 0 aromatic carbocycles. The number of alkyl carbamates (subject to hydrolysis) is 2. The van der Waals surface area contributed by atoms with Gasteiger partial charge in [0.15, 0.2) is 0 Å². The van der Waals surface area contributed by atoms with Crippen molar-refractivity contribution in [1.82, 2.24) is 20.4 Å². The third-order valence-electron chi connectivity index (χ3n) is 8.44. The van der Waals surface area contributed by atoms with Crippen molar-refractivity contribution >= 4 is 50.2 Å². The Morgan fingerprint density at radius 3 is 1.09 bits per heavy atom. The van der Waals surface area contributed by atoms with Crippen LogP contribution in [0.1, 0.15) is 104 Å². The summed E-state index contributed by atoms with van der Waals surface area (Å²) < 4.78 is 15.8. The second-order valence-corrected chi connectivity index (χ2v) is 22.4. The van der Waals surface area contributed by atoms with E-state index in [0.29, 0.717) is 0 Å². The van der Waals surface area contributed by atoms with E-state index in [2.05, 4.69) is 10.6 Å². The number of aliphatic carboxylic acids is 2. The lowest BCUT2D eigenvalue weighted by Gasteiger charge is -2.32. The molecule has 0 aromatic rings. The molecule has 328 valence electrons. The molecule has 0 rings (SSSR count). The molecule has 0 aliphatic heterocycles. The number of carboxylic acids is 2. The van der Waals surface area contributed by atoms with Crippen molar-refractivity contribution in [3.8, 4) is 0 Å². The first-order valence-electron chi connectivity index (χ1n) is 19.1. The van der Waals surface area contributed by atoms with Gasteiger partial charge in [-0.15, -0.1) is 0 Å². The summed E-state index contributed by atoms with van der Waals surface area (Å²) in [5, 5.41) is 22.6. The van der Waals surface area contributed by atoms with E-state index >= 15 is 0 Å². The summed E-state index contributed by atoms with van der Waals surface area (Å²) in [6.45, 7) is 32.6. The predicted octanol–water partition coefficient (Wildman–Crippen LogP) is 6.09.